The van der Waals surface area contributed by atoms with E-state index in [1.54, 1.807) is 13.2 Å². The molecule has 1 amide bonds. The lowest BCUT2D eigenvalue weighted by Crippen LogP contribution is -2.45. The van der Waals surface area contributed by atoms with Gasteiger partial charge in [-0.15, -0.1) is 0 Å². The minimum Gasteiger partial charge on any atom is -0.496 e. The van der Waals surface area contributed by atoms with Gasteiger partial charge in [0.2, 0.25) is 0 Å². The molecular weight excluding hydrogens is 311 g/mol. The molecule has 1 aromatic carbocycles. The van der Waals surface area contributed by atoms with E-state index < -0.39 is 5.60 Å². The van der Waals surface area contributed by atoms with E-state index in [1.807, 2.05) is 20.8 Å². The molecule has 5 nitrogen and oxygen atoms in total. The smallest absolute Gasteiger partial charge is 0.407 e. The number of hydrogen-bond donors (Lipinski definition) is 1. The topological polar surface area (TPSA) is 50.8 Å². The predicted octanol–water partition coefficient (Wildman–Crippen LogP) is 3.32. The van der Waals surface area contributed by atoms with Crippen molar-refractivity contribution in [3.63, 3.8) is 0 Å². The lowest BCUT2D eigenvalue weighted by atomic mass is 10.0. The zero-order chi connectivity index (χ0) is 17.7. The molecule has 1 aromatic rings. The number of rotatable bonds is 4. The predicted molar refractivity (Wildman–Crippen MR) is 90.6 cm³/mol. The third-order valence-electron chi connectivity index (χ3n) is 3.94. The number of hydrogen-bond acceptors (Lipinski definition) is 4. The maximum absolute atomic E-state index is 13.4. The summed E-state index contributed by atoms with van der Waals surface area (Å²) in [6.45, 7) is 7.85. The van der Waals surface area contributed by atoms with Gasteiger partial charge in [0.05, 0.1) is 7.11 Å². The molecule has 134 valence electrons. The minimum atomic E-state index is -0.487. The molecule has 1 N–H and O–H groups in total. The van der Waals surface area contributed by atoms with Crippen LogP contribution in [0.25, 0.3) is 0 Å². The van der Waals surface area contributed by atoms with E-state index in [-0.39, 0.29) is 18.0 Å². The van der Waals surface area contributed by atoms with Crippen molar-refractivity contribution < 1.29 is 18.7 Å². The Labute approximate surface area is 143 Å². The van der Waals surface area contributed by atoms with E-state index in [0.29, 0.717) is 12.3 Å². The van der Waals surface area contributed by atoms with Gasteiger partial charge < -0.3 is 14.8 Å². The first-order chi connectivity index (χ1) is 11.3. The molecule has 24 heavy (non-hydrogen) atoms. The number of halogens is 1. The Morgan fingerprint density at radius 2 is 2.00 bits per heavy atom. The second-order valence-corrected chi connectivity index (χ2v) is 7.15. The highest BCUT2D eigenvalue weighted by Gasteiger charge is 2.24. The summed E-state index contributed by atoms with van der Waals surface area (Å²) in [5.41, 5.74) is 0.356. The van der Waals surface area contributed by atoms with Crippen molar-refractivity contribution in [2.24, 2.45) is 0 Å². The van der Waals surface area contributed by atoms with Crippen LogP contribution < -0.4 is 10.1 Å². The van der Waals surface area contributed by atoms with Crippen molar-refractivity contribution in [2.45, 2.75) is 51.8 Å². The summed E-state index contributed by atoms with van der Waals surface area (Å²) in [6.07, 6.45) is 1.32. The molecule has 0 saturated carbocycles. The van der Waals surface area contributed by atoms with E-state index in [2.05, 4.69) is 10.2 Å². The summed E-state index contributed by atoms with van der Waals surface area (Å²) in [5, 5.41) is 2.92. The fourth-order valence-corrected chi connectivity index (χ4v) is 2.82. The molecule has 0 bridgehead atoms. The summed E-state index contributed by atoms with van der Waals surface area (Å²) in [4.78, 5) is 14.1. The third kappa shape index (κ3) is 5.67. The zero-order valence-electron chi connectivity index (χ0n) is 14.9. The lowest BCUT2D eigenvalue weighted by molar-refractivity contribution is 0.0477. The van der Waals surface area contributed by atoms with Crippen LogP contribution in [0.1, 0.15) is 39.2 Å². The van der Waals surface area contributed by atoms with Crippen LogP contribution in [0.5, 0.6) is 5.75 Å². The largest absolute Gasteiger partial charge is 0.496 e. The number of nitrogens with one attached hydrogen (secondary N) is 1. The molecule has 0 spiro atoms. The van der Waals surface area contributed by atoms with Gasteiger partial charge in [0.15, 0.2) is 0 Å². The molecule has 0 aromatic heterocycles. The maximum Gasteiger partial charge on any atom is 0.407 e. The molecular formula is C18H27FN2O3. The number of benzene rings is 1. The number of alkyl carbamates (subject to hydrolysis) is 1. The molecule has 0 unspecified atom stereocenters. The van der Waals surface area contributed by atoms with Crippen LogP contribution in [0, 0.1) is 5.82 Å². The van der Waals surface area contributed by atoms with Gasteiger partial charge in [-0.05, 0) is 51.8 Å². The standard InChI is InChI=1S/C18H27FN2O3/c1-18(2,3)24-17(22)20-15-7-9-21(10-8-15)12-13-11-14(19)5-6-16(13)23-4/h5-6,11,15H,7-10,12H2,1-4H3,(H,20,22). The number of likely N-dealkylation sites (tertiary alicyclic amines) is 1. The Bertz CT molecular complexity index is 564. The van der Waals surface area contributed by atoms with E-state index in [0.717, 1.165) is 31.5 Å². The molecule has 1 fully saturated rings. The van der Waals surface area contributed by atoms with Crippen molar-refractivity contribution in [3.8, 4) is 5.75 Å². The van der Waals surface area contributed by atoms with Gasteiger partial charge in [-0.25, -0.2) is 9.18 Å². The van der Waals surface area contributed by atoms with Gasteiger partial charge in [0.25, 0.3) is 0 Å². The second-order valence-electron chi connectivity index (χ2n) is 7.15. The zero-order valence-corrected chi connectivity index (χ0v) is 14.9. The lowest BCUT2D eigenvalue weighted by Gasteiger charge is -2.33. The fourth-order valence-electron chi connectivity index (χ4n) is 2.82. The highest BCUT2D eigenvalue weighted by molar-refractivity contribution is 5.68. The molecule has 1 saturated heterocycles. The van der Waals surface area contributed by atoms with Gasteiger partial charge in [0.1, 0.15) is 17.2 Å². The normalized spacial score (nSPS) is 16.7. The number of carbonyl (C=O) groups excluding carboxylic acids is 1. The van der Waals surface area contributed by atoms with Crippen LogP contribution in [0.3, 0.4) is 0 Å². The molecule has 1 heterocycles. The molecule has 1 aliphatic rings. The van der Waals surface area contributed by atoms with Crippen LogP contribution in [0.4, 0.5) is 9.18 Å². The SMILES string of the molecule is COc1ccc(F)cc1CN1CCC(NC(=O)OC(C)(C)C)CC1. The third-order valence-corrected chi connectivity index (χ3v) is 3.94. The van der Waals surface area contributed by atoms with Crippen molar-refractivity contribution >= 4 is 6.09 Å². The molecule has 0 radical (unpaired) electrons. The summed E-state index contributed by atoms with van der Waals surface area (Å²) in [5.74, 6) is 0.442. The van der Waals surface area contributed by atoms with Gasteiger partial charge in [-0.2, -0.15) is 0 Å². The van der Waals surface area contributed by atoms with E-state index in [9.17, 15) is 9.18 Å². The van der Waals surface area contributed by atoms with Crippen molar-refractivity contribution in [3.05, 3.63) is 29.6 Å². The number of piperidine rings is 1. The van der Waals surface area contributed by atoms with Crippen LogP contribution in [-0.2, 0) is 11.3 Å². The minimum absolute atomic E-state index is 0.116. The number of carbonyl (C=O) groups is 1. The number of amides is 1. The number of ether oxygens (including phenoxy) is 2. The highest BCUT2D eigenvalue weighted by Crippen LogP contribution is 2.23. The van der Waals surface area contributed by atoms with Crippen LogP contribution in [0.2, 0.25) is 0 Å². The second kappa shape index (κ2) is 7.83. The average molecular weight is 338 g/mol. The van der Waals surface area contributed by atoms with E-state index >= 15 is 0 Å². The molecule has 0 atom stereocenters. The van der Waals surface area contributed by atoms with Gasteiger partial charge in [0, 0.05) is 31.2 Å². The Balaban J connectivity index is 1.83. The Hall–Kier alpha value is -1.82. The first kappa shape index (κ1) is 18.5. The highest BCUT2D eigenvalue weighted by atomic mass is 19.1. The summed E-state index contributed by atoms with van der Waals surface area (Å²) in [6, 6.07) is 4.69. The maximum atomic E-state index is 13.4. The van der Waals surface area contributed by atoms with Crippen molar-refractivity contribution in [1.29, 1.82) is 0 Å². The molecule has 2 rings (SSSR count). The Morgan fingerprint density at radius 3 is 2.58 bits per heavy atom. The van der Waals surface area contributed by atoms with Gasteiger partial charge in [-0.1, -0.05) is 0 Å². The monoisotopic (exact) mass is 338 g/mol. The molecule has 6 heteroatoms. The fraction of sp³-hybridized carbons (Fsp3) is 0.611. The average Bonchev–Trinajstić information content (AvgIpc) is 2.47. The van der Waals surface area contributed by atoms with Crippen LogP contribution in [-0.4, -0.2) is 42.8 Å². The van der Waals surface area contributed by atoms with Gasteiger partial charge >= 0.3 is 6.09 Å². The number of nitrogens with zero attached hydrogens (tertiary/aromatic N) is 1. The Morgan fingerprint density at radius 1 is 1.33 bits per heavy atom. The summed E-state index contributed by atoms with van der Waals surface area (Å²) in [7, 11) is 1.59. The van der Waals surface area contributed by atoms with E-state index in [1.165, 1.54) is 12.1 Å². The first-order valence-electron chi connectivity index (χ1n) is 8.31. The summed E-state index contributed by atoms with van der Waals surface area (Å²) >= 11 is 0. The van der Waals surface area contributed by atoms with Crippen molar-refractivity contribution in [1.82, 2.24) is 10.2 Å². The Kier molecular flexibility index (Phi) is 6.04. The molecule has 1 aliphatic heterocycles. The van der Waals surface area contributed by atoms with Crippen LogP contribution >= 0.6 is 0 Å². The van der Waals surface area contributed by atoms with E-state index in [4.69, 9.17) is 9.47 Å². The molecule has 0 aliphatic carbocycles. The van der Waals surface area contributed by atoms with Crippen LogP contribution in [0.15, 0.2) is 18.2 Å². The van der Waals surface area contributed by atoms with Gasteiger partial charge in [-0.3, -0.25) is 4.90 Å². The van der Waals surface area contributed by atoms with Crippen molar-refractivity contribution in [2.75, 3.05) is 20.2 Å². The quantitative estimate of drug-likeness (QED) is 0.915. The number of methoxy groups -OCH3 is 1. The first-order valence-corrected chi connectivity index (χ1v) is 8.31. The summed E-state index contributed by atoms with van der Waals surface area (Å²) < 4.78 is 24.0.